The van der Waals surface area contributed by atoms with E-state index in [1.165, 1.54) is 37.1 Å². The Morgan fingerprint density at radius 1 is 0.971 bits per heavy atom. The molecule has 0 atom stereocenters. The number of ether oxygens (including phenoxy) is 2. The van der Waals surface area contributed by atoms with Gasteiger partial charge in [-0.1, -0.05) is 17.8 Å². The minimum Gasteiger partial charge on any atom is -0.497 e. The number of nitrogens with one attached hydrogen (secondary N) is 3. The number of carbonyl (C=O) groups excluding carboxylic acids is 3. The molecule has 34 heavy (non-hydrogen) atoms. The average molecular weight is 501 g/mol. The fourth-order valence-corrected chi connectivity index (χ4v) is 4.55. The van der Waals surface area contributed by atoms with Gasteiger partial charge in [-0.15, -0.1) is 11.3 Å². The molecule has 2 aromatic carbocycles. The van der Waals surface area contributed by atoms with Crippen molar-refractivity contribution >= 4 is 57.9 Å². The maximum absolute atomic E-state index is 12.5. The summed E-state index contributed by atoms with van der Waals surface area (Å²) in [7, 11) is 3.07. The predicted molar refractivity (Wildman–Crippen MR) is 134 cm³/mol. The van der Waals surface area contributed by atoms with Gasteiger partial charge in [-0.3, -0.25) is 14.4 Å². The minimum atomic E-state index is -0.245. The molecule has 3 aromatic rings. The molecule has 11 heteroatoms. The zero-order valence-electron chi connectivity index (χ0n) is 18.8. The van der Waals surface area contributed by atoms with E-state index in [-0.39, 0.29) is 29.9 Å². The van der Waals surface area contributed by atoms with Crippen LogP contribution < -0.4 is 25.4 Å². The van der Waals surface area contributed by atoms with Gasteiger partial charge in [0, 0.05) is 29.7 Å². The van der Waals surface area contributed by atoms with E-state index < -0.39 is 0 Å². The molecule has 1 aromatic heterocycles. The molecule has 3 amide bonds. The van der Waals surface area contributed by atoms with E-state index in [1.807, 2.05) is 0 Å². The second kappa shape index (κ2) is 12.1. The van der Waals surface area contributed by atoms with Gasteiger partial charge in [-0.05, 0) is 30.3 Å². The predicted octanol–water partition coefficient (Wildman–Crippen LogP) is 4.03. The largest absolute Gasteiger partial charge is 0.497 e. The zero-order chi connectivity index (χ0) is 24.5. The number of methoxy groups -OCH3 is 2. The summed E-state index contributed by atoms with van der Waals surface area (Å²) in [6.07, 6.45) is 0.0829. The Morgan fingerprint density at radius 2 is 1.74 bits per heavy atom. The van der Waals surface area contributed by atoms with E-state index in [4.69, 9.17) is 9.47 Å². The van der Waals surface area contributed by atoms with Crippen molar-refractivity contribution in [3.8, 4) is 11.5 Å². The molecule has 0 aliphatic heterocycles. The van der Waals surface area contributed by atoms with Crippen LogP contribution in [-0.4, -0.2) is 42.7 Å². The van der Waals surface area contributed by atoms with Crippen LogP contribution in [0.3, 0.4) is 0 Å². The number of anilines is 3. The van der Waals surface area contributed by atoms with E-state index in [1.54, 1.807) is 55.0 Å². The lowest BCUT2D eigenvalue weighted by molar-refractivity contribution is -0.116. The maximum atomic E-state index is 12.5. The van der Waals surface area contributed by atoms with Crippen molar-refractivity contribution in [2.24, 2.45) is 0 Å². The molecule has 178 valence electrons. The van der Waals surface area contributed by atoms with Crippen molar-refractivity contribution in [3.05, 3.63) is 53.5 Å². The van der Waals surface area contributed by atoms with Gasteiger partial charge in [0.05, 0.1) is 37.8 Å². The first kappa shape index (κ1) is 25.1. The van der Waals surface area contributed by atoms with E-state index >= 15 is 0 Å². The van der Waals surface area contributed by atoms with Gasteiger partial charge in [0.25, 0.3) is 0 Å². The molecule has 0 fully saturated rings. The molecule has 0 aliphatic rings. The molecule has 3 rings (SSSR count). The number of hydrogen-bond acceptors (Lipinski definition) is 8. The summed E-state index contributed by atoms with van der Waals surface area (Å²) in [4.78, 5) is 40.4. The van der Waals surface area contributed by atoms with Crippen LogP contribution in [0.15, 0.2) is 52.2 Å². The first-order valence-electron chi connectivity index (χ1n) is 10.1. The van der Waals surface area contributed by atoms with Crippen LogP contribution in [0.5, 0.6) is 11.5 Å². The van der Waals surface area contributed by atoms with Crippen LogP contribution in [0, 0.1) is 0 Å². The Morgan fingerprint density at radius 3 is 2.44 bits per heavy atom. The Bertz CT molecular complexity index is 1180. The smallest absolute Gasteiger partial charge is 0.234 e. The van der Waals surface area contributed by atoms with Gasteiger partial charge in [-0.2, -0.15) is 0 Å². The molecular weight excluding hydrogens is 476 g/mol. The summed E-state index contributed by atoms with van der Waals surface area (Å²) in [6, 6.07) is 12.1. The molecule has 0 saturated carbocycles. The van der Waals surface area contributed by atoms with Gasteiger partial charge in [0.1, 0.15) is 11.5 Å². The van der Waals surface area contributed by atoms with Gasteiger partial charge in [0.15, 0.2) is 4.34 Å². The van der Waals surface area contributed by atoms with E-state index in [2.05, 4.69) is 20.9 Å². The summed E-state index contributed by atoms with van der Waals surface area (Å²) in [5.74, 6) is 0.649. The van der Waals surface area contributed by atoms with Crippen molar-refractivity contribution in [1.29, 1.82) is 0 Å². The highest BCUT2D eigenvalue weighted by Gasteiger charge is 2.13. The van der Waals surface area contributed by atoms with Gasteiger partial charge in [-0.25, -0.2) is 4.98 Å². The highest BCUT2D eigenvalue weighted by Crippen LogP contribution is 2.29. The molecule has 0 aliphatic carbocycles. The Kier molecular flexibility index (Phi) is 8.88. The molecule has 0 radical (unpaired) electrons. The van der Waals surface area contributed by atoms with Crippen molar-refractivity contribution < 1.29 is 23.9 Å². The number of carbonyl (C=O) groups is 3. The van der Waals surface area contributed by atoms with E-state index in [9.17, 15) is 14.4 Å². The van der Waals surface area contributed by atoms with Crippen LogP contribution in [0.25, 0.3) is 0 Å². The van der Waals surface area contributed by atoms with Crippen LogP contribution in [-0.2, 0) is 20.8 Å². The molecule has 1 heterocycles. The number of thioether (sulfide) groups is 1. The number of nitrogens with zero attached hydrogens (tertiary/aromatic N) is 1. The molecule has 0 saturated heterocycles. The quantitative estimate of drug-likeness (QED) is 0.360. The highest BCUT2D eigenvalue weighted by molar-refractivity contribution is 8.01. The summed E-state index contributed by atoms with van der Waals surface area (Å²) in [6.45, 7) is 1.42. The van der Waals surface area contributed by atoms with E-state index in [0.29, 0.717) is 38.6 Å². The van der Waals surface area contributed by atoms with Crippen LogP contribution in [0.1, 0.15) is 12.6 Å². The van der Waals surface area contributed by atoms with Gasteiger partial charge < -0.3 is 25.4 Å². The number of amides is 3. The number of benzene rings is 2. The molecular formula is C23H24N4O5S2. The Labute approximate surface area is 205 Å². The summed E-state index contributed by atoms with van der Waals surface area (Å²) < 4.78 is 11.2. The fraction of sp³-hybridized carbons (Fsp3) is 0.217. The lowest BCUT2D eigenvalue weighted by Gasteiger charge is -2.11. The van der Waals surface area contributed by atoms with E-state index in [0.717, 1.165) is 0 Å². The fourth-order valence-electron chi connectivity index (χ4n) is 2.91. The lowest BCUT2D eigenvalue weighted by Crippen LogP contribution is -2.15. The standard InChI is InChI=1S/C23H24N4O5S2/c1-14(28)24-15-5-4-6-16(9-15)25-22(30)13-34-23-26-17(12-33-23)10-21(29)27-19-11-18(31-2)7-8-20(19)32-3/h4-9,11-12H,10,13H2,1-3H3,(H,24,28)(H,25,30)(H,27,29). The second-order valence-corrected chi connectivity index (χ2v) is 9.08. The molecule has 0 bridgehead atoms. The molecule has 9 nitrogen and oxygen atoms in total. The number of hydrogen-bond donors (Lipinski definition) is 3. The first-order chi connectivity index (χ1) is 16.4. The first-order valence-corrected chi connectivity index (χ1v) is 12.0. The Balaban J connectivity index is 1.50. The third kappa shape index (κ3) is 7.49. The SMILES string of the molecule is COc1ccc(OC)c(NC(=O)Cc2csc(SCC(=O)Nc3cccc(NC(C)=O)c3)n2)c1. The number of thiazole rings is 1. The van der Waals surface area contributed by atoms with Crippen molar-refractivity contribution in [2.45, 2.75) is 17.7 Å². The third-order valence-corrected chi connectivity index (χ3v) is 6.42. The van der Waals surface area contributed by atoms with Gasteiger partial charge in [0.2, 0.25) is 17.7 Å². The topological polar surface area (TPSA) is 119 Å². The van der Waals surface area contributed by atoms with Crippen LogP contribution in [0.4, 0.5) is 17.1 Å². The maximum Gasteiger partial charge on any atom is 0.234 e. The summed E-state index contributed by atoms with van der Waals surface area (Å²) >= 11 is 2.65. The number of rotatable bonds is 10. The number of aromatic nitrogens is 1. The van der Waals surface area contributed by atoms with Gasteiger partial charge >= 0.3 is 0 Å². The lowest BCUT2D eigenvalue weighted by atomic mass is 10.2. The summed E-state index contributed by atoms with van der Waals surface area (Å²) in [5, 5.41) is 10.1. The average Bonchev–Trinajstić information content (AvgIpc) is 3.24. The molecule has 0 spiro atoms. The van der Waals surface area contributed by atoms with Crippen molar-refractivity contribution in [1.82, 2.24) is 4.98 Å². The van der Waals surface area contributed by atoms with Crippen LogP contribution >= 0.6 is 23.1 Å². The normalized spacial score (nSPS) is 10.3. The zero-order valence-corrected chi connectivity index (χ0v) is 20.5. The van der Waals surface area contributed by atoms with Crippen molar-refractivity contribution in [2.75, 3.05) is 35.9 Å². The third-order valence-electron chi connectivity index (χ3n) is 4.35. The monoisotopic (exact) mass is 500 g/mol. The minimum absolute atomic E-state index is 0.0829. The second-order valence-electron chi connectivity index (χ2n) is 6.99. The van der Waals surface area contributed by atoms with Crippen molar-refractivity contribution in [3.63, 3.8) is 0 Å². The Hall–Kier alpha value is -3.57. The summed E-state index contributed by atoms with van der Waals surface area (Å²) in [5.41, 5.74) is 2.31. The molecule has 3 N–H and O–H groups in total. The van der Waals surface area contributed by atoms with Crippen LogP contribution in [0.2, 0.25) is 0 Å². The molecule has 0 unspecified atom stereocenters. The highest BCUT2D eigenvalue weighted by atomic mass is 32.2.